The number of carbonyl (C=O) groups excluding carboxylic acids is 1. The first-order chi connectivity index (χ1) is 8.16. The van der Waals surface area contributed by atoms with E-state index in [9.17, 15) is 4.79 Å². The van der Waals surface area contributed by atoms with Crippen LogP contribution >= 0.6 is 11.3 Å². The Hall–Kier alpha value is -1.72. The smallest absolute Gasteiger partial charge is 0.221 e. The van der Waals surface area contributed by atoms with Gasteiger partial charge in [0.1, 0.15) is 5.01 Å². The van der Waals surface area contributed by atoms with Crippen LogP contribution in [0.3, 0.4) is 0 Å². The van der Waals surface area contributed by atoms with E-state index in [1.54, 1.807) is 6.20 Å². The molecule has 0 radical (unpaired) electrons. The topological polar surface area (TPSA) is 68.0 Å². The van der Waals surface area contributed by atoms with Crippen LogP contribution in [0.4, 0.5) is 5.69 Å². The van der Waals surface area contributed by atoms with Gasteiger partial charge in [-0.1, -0.05) is 12.1 Å². The summed E-state index contributed by atoms with van der Waals surface area (Å²) in [4.78, 5) is 15.2. The van der Waals surface area contributed by atoms with E-state index < -0.39 is 0 Å². The summed E-state index contributed by atoms with van der Waals surface area (Å²) in [5.74, 6) is -0.0926. The third kappa shape index (κ3) is 2.89. The van der Waals surface area contributed by atoms with Gasteiger partial charge >= 0.3 is 0 Å². The van der Waals surface area contributed by atoms with Crippen LogP contribution in [0.5, 0.6) is 0 Å². The lowest BCUT2D eigenvalue weighted by Crippen LogP contribution is -2.12. The number of hydrogen-bond acceptors (Lipinski definition) is 4. The minimum Gasteiger partial charge on any atom is -0.326 e. The largest absolute Gasteiger partial charge is 0.326 e. The Bertz CT molecular complexity index is 510. The van der Waals surface area contributed by atoms with Crippen molar-refractivity contribution < 1.29 is 4.79 Å². The summed E-state index contributed by atoms with van der Waals surface area (Å²) >= 11 is 1.52. The van der Waals surface area contributed by atoms with E-state index in [1.807, 2.05) is 29.6 Å². The van der Waals surface area contributed by atoms with Gasteiger partial charge in [-0.15, -0.1) is 11.3 Å². The maximum atomic E-state index is 11.0. The van der Waals surface area contributed by atoms with Crippen molar-refractivity contribution in [1.29, 1.82) is 0 Å². The summed E-state index contributed by atoms with van der Waals surface area (Å²) in [5.41, 5.74) is 7.78. The lowest BCUT2D eigenvalue weighted by molar-refractivity contribution is -0.114. The van der Waals surface area contributed by atoms with E-state index in [4.69, 9.17) is 5.73 Å². The molecule has 1 heterocycles. The Morgan fingerprint density at radius 1 is 1.53 bits per heavy atom. The maximum absolute atomic E-state index is 11.0. The van der Waals surface area contributed by atoms with Crippen LogP contribution in [0, 0.1) is 0 Å². The highest BCUT2D eigenvalue weighted by Gasteiger charge is 2.11. The van der Waals surface area contributed by atoms with Gasteiger partial charge in [0.2, 0.25) is 5.91 Å². The standard InChI is InChI=1S/C12H13N3OS/c1-8(16)15-10-4-2-3-9(7-10)11(13)12-14-5-6-17-12/h2-7,11H,13H2,1H3,(H,15,16). The van der Waals surface area contributed by atoms with Gasteiger partial charge in [0.25, 0.3) is 0 Å². The molecule has 0 saturated heterocycles. The Kier molecular flexibility index (Phi) is 3.51. The molecule has 0 aliphatic heterocycles. The second-order valence-electron chi connectivity index (χ2n) is 3.65. The zero-order valence-electron chi connectivity index (χ0n) is 9.38. The lowest BCUT2D eigenvalue weighted by atomic mass is 10.1. The monoisotopic (exact) mass is 247 g/mol. The van der Waals surface area contributed by atoms with Gasteiger partial charge in [-0.3, -0.25) is 4.79 Å². The molecule has 5 heteroatoms. The van der Waals surface area contributed by atoms with E-state index in [1.165, 1.54) is 18.3 Å². The van der Waals surface area contributed by atoms with Crippen LogP contribution in [0.2, 0.25) is 0 Å². The van der Waals surface area contributed by atoms with Gasteiger partial charge in [0, 0.05) is 24.2 Å². The summed E-state index contributed by atoms with van der Waals surface area (Å²) < 4.78 is 0. The van der Waals surface area contributed by atoms with Crippen molar-refractivity contribution in [2.24, 2.45) is 5.73 Å². The molecule has 2 aromatic rings. The molecule has 1 unspecified atom stereocenters. The van der Waals surface area contributed by atoms with Crippen molar-refractivity contribution in [2.45, 2.75) is 13.0 Å². The van der Waals surface area contributed by atoms with Gasteiger partial charge < -0.3 is 11.1 Å². The number of carbonyl (C=O) groups is 1. The van der Waals surface area contributed by atoms with Gasteiger partial charge in [0.15, 0.2) is 0 Å². The van der Waals surface area contributed by atoms with E-state index in [0.717, 1.165) is 16.3 Å². The van der Waals surface area contributed by atoms with Crippen molar-refractivity contribution in [1.82, 2.24) is 4.98 Å². The summed E-state index contributed by atoms with van der Waals surface area (Å²) in [6.45, 7) is 1.48. The zero-order valence-corrected chi connectivity index (χ0v) is 10.2. The minimum absolute atomic E-state index is 0.0926. The first kappa shape index (κ1) is 11.8. The van der Waals surface area contributed by atoms with E-state index in [2.05, 4.69) is 10.3 Å². The molecular weight excluding hydrogens is 234 g/mol. The highest BCUT2D eigenvalue weighted by molar-refractivity contribution is 7.09. The first-order valence-electron chi connectivity index (χ1n) is 5.19. The Morgan fingerprint density at radius 2 is 2.35 bits per heavy atom. The molecule has 1 amide bonds. The molecule has 1 aromatic heterocycles. The van der Waals surface area contributed by atoms with Gasteiger partial charge in [-0.25, -0.2) is 4.98 Å². The molecule has 1 atom stereocenters. The molecule has 0 aliphatic carbocycles. The maximum Gasteiger partial charge on any atom is 0.221 e. The number of aromatic nitrogens is 1. The Morgan fingerprint density at radius 3 is 3.00 bits per heavy atom. The normalized spacial score (nSPS) is 12.1. The Labute approximate surface area is 103 Å². The third-order valence-electron chi connectivity index (χ3n) is 2.28. The summed E-state index contributed by atoms with van der Waals surface area (Å²) in [5, 5.41) is 5.50. The lowest BCUT2D eigenvalue weighted by Gasteiger charge is -2.10. The number of rotatable bonds is 3. The van der Waals surface area contributed by atoms with Gasteiger partial charge in [-0.05, 0) is 17.7 Å². The number of nitrogens with one attached hydrogen (secondary N) is 1. The predicted molar refractivity (Wildman–Crippen MR) is 68.9 cm³/mol. The van der Waals surface area contributed by atoms with Crippen LogP contribution in [-0.4, -0.2) is 10.9 Å². The van der Waals surface area contributed by atoms with Crippen LogP contribution < -0.4 is 11.1 Å². The molecule has 0 saturated carbocycles. The molecule has 4 nitrogen and oxygen atoms in total. The molecule has 0 aliphatic rings. The fraction of sp³-hybridized carbons (Fsp3) is 0.167. The molecule has 3 N–H and O–H groups in total. The number of thiazole rings is 1. The number of hydrogen-bond donors (Lipinski definition) is 2. The number of nitrogens with two attached hydrogens (primary N) is 1. The van der Waals surface area contributed by atoms with E-state index in [-0.39, 0.29) is 11.9 Å². The van der Waals surface area contributed by atoms with Crippen LogP contribution in [-0.2, 0) is 4.79 Å². The van der Waals surface area contributed by atoms with Crippen LogP contribution in [0.15, 0.2) is 35.8 Å². The molecule has 0 bridgehead atoms. The number of benzene rings is 1. The van der Waals surface area contributed by atoms with Crippen molar-refractivity contribution in [3.8, 4) is 0 Å². The molecule has 2 rings (SSSR count). The summed E-state index contributed by atoms with van der Waals surface area (Å²) in [7, 11) is 0. The van der Waals surface area contributed by atoms with E-state index in [0.29, 0.717) is 0 Å². The predicted octanol–water partition coefficient (Wildman–Crippen LogP) is 2.15. The number of anilines is 1. The summed E-state index contributed by atoms with van der Waals surface area (Å²) in [6.07, 6.45) is 1.73. The van der Waals surface area contributed by atoms with E-state index >= 15 is 0 Å². The zero-order chi connectivity index (χ0) is 12.3. The second-order valence-corrected chi connectivity index (χ2v) is 4.58. The van der Waals surface area contributed by atoms with Crippen molar-refractivity contribution >= 4 is 22.9 Å². The second kappa shape index (κ2) is 5.07. The number of amides is 1. The fourth-order valence-electron chi connectivity index (χ4n) is 1.54. The number of nitrogens with zero attached hydrogens (tertiary/aromatic N) is 1. The first-order valence-corrected chi connectivity index (χ1v) is 6.07. The summed E-state index contributed by atoms with van der Waals surface area (Å²) in [6, 6.07) is 7.25. The molecule has 0 spiro atoms. The quantitative estimate of drug-likeness (QED) is 0.873. The Balaban J connectivity index is 2.24. The molecule has 1 aromatic carbocycles. The van der Waals surface area contributed by atoms with Gasteiger partial charge in [0.05, 0.1) is 6.04 Å². The van der Waals surface area contributed by atoms with Crippen molar-refractivity contribution in [3.63, 3.8) is 0 Å². The third-order valence-corrected chi connectivity index (χ3v) is 3.14. The average molecular weight is 247 g/mol. The molecule has 17 heavy (non-hydrogen) atoms. The van der Waals surface area contributed by atoms with Crippen molar-refractivity contribution in [3.05, 3.63) is 46.4 Å². The SMILES string of the molecule is CC(=O)Nc1cccc(C(N)c2nccs2)c1. The van der Waals surface area contributed by atoms with Gasteiger partial charge in [-0.2, -0.15) is 0 Å². The highest BCUT2D eigenvalue weighted by Crippen LogP contribution is 2.23. The highest BCUT2D eigenvalue weighted by atomic mass is 32.1. The molecule has 0 fully saturated rings. The minimum atomic E-state index is -0.247. The molecular formula is C12H13N3OS. The van der Waals surface area contributed by atoms with Crippen molar-refractivity contribution in [2.75, 3.05) is 5.32 Å². The molecule has 88 valence electrons. The fourth-order valence-corrected chi connectivity index (χ4v) is 2.21. The van der Waals surface area contributed by atoms with Crippen LogP contribution in [0.1, 0.15) is 23.5 Å². The average Bonchev–Trinajstić information content (AvgIpc) is 2.81. The van der Waals surface area contributed by atoms with Crippen LogP contribution in [0.25, 0.3) is 0 Å².